The van der Waals surface area contributed by atoms with Gasteiger partial charge in [-0.2, -0.15) is 0 Å². The molecule has 146 valence electrons. The Bertz CT molecular complexity index is 968. The van der Waals surface area contributed by atoms with Crippen molar-refractivity contribution >= 4 is 23.7 Å². The van der Waals surface area contributed by atoms with E-state index in [0.29, 0.717) is 30.9 Å². The monoisotopic (exact) mass is 383 g/mol. The molecule has 4 atom stereocenters. The van der Waals surface area contributed by atoms with E-state index in [1.54, 1.807) is 19.1 Å². The molecule has 0 unspecified atom stereocenters. The number of fused-ring (bicyclic) bond motifs is 2. The molecule has 2 saturated carbocycles. The molecule has 2 aliphatic heterocycles. The molecule has 4 aliphatic rings. The van der Waals surface area contributed by atoms with Crippen molar-refractivity contribution in [2.24, 2.45) is 17.3 Å². The van der Waals surface area contributed by atoms with E-state index in [-0.39, 0.29) is 11.7 Å². The number of carbonyl (C=O) groups excluding carboxylic acids is 3. The van der Waals surface area contributed by atoms with Gasteiger partial charge in [-0.3, -0.25) is 14.4 Å². The molecule has 2 aliphatic carbocycles. The van der Waals surface area contributed by atoms with Crippen LogP contribution in [0.5, 0.6) is 11.5 Å². The molecule has 3 fully saturated rings. The normalized spacial score (nSPS) is 34.2. The Hall–Kier alpha value is -2.83. The van der Waals surface area contributed by atoms with Gasteiger partial charge in [0.05, 0.1) is 38.7 Å². The van der Waals surface area contributed by atoms with Gasteiger partial charge in [-0.15, -0.1) is 0 Å². The lowest BCUT2D eigenvalue weighted by Gasteiger charge is -2.47. The van der Waals surface area contributed by atoms with Crippen molar-refractivity contribution in [2.75, 3.05) is 27.9 Å². The van der Waals surface area contributed by atoms with Gasteiger partial charge in [0.25, 0.3) is 0 Å². The number of rotatable bonds is 3. The average molecular weight is 383 g/mol. The molecule has 0 bridgehead atoms. The predicted molar refractivity (Wildman–Crippen MR) is 97.6 cm³/mol. The van der Waals surface area contributed by atoms with Crippen molar-refractivity contribution in [3.05, 3.63) is 29.3 Å². The number of nitrogens with zero attached hydrogens (tertiary/aromatic N) is 1. The molecule has 1 spiro atoms. The van der Waals surface area contributed by atoms with Crippen LogP contribution >= 0.6 is 0 Å². The van der Waals surface area contributed by atoms with E-state index in [0.717, 1.165) is 11.1 Å². The largest absolute Gasteiger partial charge is 0.493 e. The second-order valence-corrected chi connectivity index (χ2v) is 7.79. The molecule has 7 nitrogen and oxygen atoms in total. The molecule has 1 aromatic carbocycles. The Balaban J connectivity index is 1.84. The third-order valence-corrected chi connectivity index (χ3v) is 7.07. The molecule has 1 saturated heterocycles. The van der Waals surface area contributed by atoms with Crippen LogP contribution in [0.4, 0.5) is 0 Å². The first-order valence-corrected chi connectivity index (χ1v) is 9.34. The Labute approximate surface area is 162 Å². The van der Waals surface area contributed by atoms with Crippen molar-refractivity contribution in [1.82, 2.24) is 4.90 Å². The highest BCUT2D eigenvalue weighted by molar-refractivity contribution is 6.10. The van der Waals surface area contributed by atoms with Crippen LogP contribution in [0, 0.1) is 17.3 Å². The van der Waals surface area contributed by atoms with Crippen molar-refractivity contribution in [2.45, 2.75) is 18.4 Å². The van der Waals surface area contributed by atoms with Crippen LogP contribution in [-0.4, -0.2) is 50.4 Å². The maximum Gasteiger partial charge on any atom is 0.316 e. The highest BCUT2D eigenvalue weighted by Crippen LogP contribution is 2.79. The lowest BCUT2D eigenvalue weighted by atomic mass is 9.66. The molecule has 0 N–H and O–H groups in total. The maximum absolute atomic E-state index is 13.3. The number of ether oxygens (including phenoxy) is 3. The minimum Gasteiger partial charge on any atom is -0.493 e. The van der Waals surface area contributed by atoms with Crippen molar-refractivity contribution in [3.63, 3.8) is 0 Å². The molecule has 28 heavy (non-hydrogen) atoms. The fraction of sp³-hybridized carbons (Fsp3) is 0.476. The SMILES string of the molecule is COC(=O)[C@]12[C@@H]3C(=O)N4CC=Cc5cc(OC)c(OC)cc5[C@@]41CCC(=O)[C@@H]32. The zero-order valence-electron chi connectivity index (χ0n) is 16.0. The Morgan fingerprint density at radius 3 is 2.50 bits per heavy atom. The van der Waals surface area contributed by atoms with Crippen LogP contribution in [0.1, 0.15) is 24.0 Å². The molecule has 1 aromatic rings. The van der Waals surface area contributed by atoms with Gasteiger partial charge in [-0.25, -0.2) is 0 Å². The summed E-state index contributed by atoms with van der Waals surface area (Å²) in [5, 5.41) is 0. The zero-order valence-corrected chi connectivity index (χ0v) is 16.0. The summed E-state index contributed by atoms with van der Waals surface area (Å²) >= 11 is 0. The van der Waals surface area contributed by atoms with E-state index in [1.165, 1.54) is 7.11 Å². The molecule has 5 rings (SSSR count). The highest BCUT2D eigenvalue weighted by atomic mass is 16.5. The first-order chi connectivity index (χ1) is 13.5. The summed E-state index contributed by atoms with van der Waals surface area (Å²) in [5.41, 5.74) is -0.403. The molecule has 0 aromatic heterocycles. The highest BCUT2D eigenvalue weighted by Gasteiger charge is 2.91. The number of amides is 1. The van der Waals surface area contributed by atoms with Crippen molar-refractivity contribution < 1.29 is 28.6 Å². The molecular weight excluding hydrogens is 362 g/mol. The minimum atomic E-state index is -1.16. The van der Waals surface area contributed by atoms with Crippen LogP contribution in [0.2, 0.25) is 0 Å². The number of esters is 1. The number of methoxy groups -OCH3 is 3. The topological polar surface area (TPSA) is 82.1 Å². The van der Waals surface area contributed by atoms with Crippen LogP contribution in [0.15, 0.2) is 18.2 Å². The number of Topliss-reactive ketones (excluding diaryl/α,β-unsaturated/α-hetero) is 1. The van der Waals surface area contributed by atoms with Gasteiger partial charge in [0.15, 0.2) is 11.5 Å². The predicted octanol–water partition coefficient (Wildman–Crippen LogP) is 1.54. The first kappa shape index (κ1) is 17.3. The fourth-order valence-corrected chi connectivity index (χ4v) is 6.08. The second kappa shape index (κ2) is 5.37. The van der Waals surface area contributed by atoms with Gasteiger partial charge >= 0.3 is 5.97 Å². The molecular formula is C21H21NO6. The molecule has 0 radical (unpaired) electrons. The summed E-state index contributed by atoms with van der Waals surface area (Å²) in [6, 6.07) is 3.71. The van der Waals surface area contributed by atoms with Gasteiger partial charge in [0, 0.05) is 13.0 Å². The molecule has 7 heteroatoms. The number of hydrogen-bond donors (Lipinski definition) is 0. The van der Waals surface area contributed by atoms with Gasteiger partial charge in [-0.05, 0) is 29.7 Å². The van der Waals surface area contributed by atoms with Crippen molar-refractivity contribution in [1.29, 1.82) is 0 Å². The number of carbonyl (C=O) groups is 3. The fourth-order valence-electron chi connectivity index (χ4n) is 6.08. The lowest BCUT2D eigenvalue weighted by molar-refractivity contribution is -0.160. The number of piperidine rings is 1. The summed E-state index contributed by atoms with van der Waals surface area (Å²) in [6.07, 6.45) is 4.57. The van der Waals surface area contributed by atoms with Crippen LogP contribution in [0.3, 0.4) is 0 Å². The van der Waals surface area contributed by atoms with E-state index in [9.17, 15) is 14.4 Å². The Kier molecular flexibility index (Phi) is 3.31. The standard InChI is InChI=1S/C21H21NO6/c1-26-14-9-11-5-4-8-22-18(24)17-16-13(23)6-7-20(22,12(11)10-15(14)27-2)21(16,17)19(25)28-3/h4-5,9-10,16-17H,6-8H2,1-3H3/t16-,17-,20+,21-/m0/s1. The van der Waals surface area contributed by atoms with E-state index in [1.807, 2.05) is 24.3 Å². The minimum absolute atomic E-state index is 0.0201. The van der Waals surface area contributed by atoms with E-state index < -0.39 is 28.8 Å². The number of ketones is 1. The third kappa shape index (κ3) is 1.61. The second-order valence-electron chi connectivity index (χ2n) is 7.79. The maximum atomic E-state index is 13.3. The summed E-state index contributed by atoms with van der Waals surface area (Å²) in [4.78, 5) is 40.8. The molecule has 1 amide bonds. The van der Waals surface area contributed by atoms with Gasteiger partial charge < -0.3 is 19.1 Å². The van der Waals surface area contributed by atoms with Gasteiger partial charge in [0.1, 0.15) is 11.2 Å². The van der Waals surface area contributed by atoms with Crippen LogP contribution in [0.25, 0.3) is 6.08 Å². The molecule has 2 heterocycles. The van der Waals surface area contributed by atoms with Gasteiger partial charge in [-0.1, -0.05) is 12.2 Å². The summed E-state index contributed by atoms with van der Waals surface area (Å²) < 4.78 is 16.1. The summed E-state index contributed by atoms with van der Waals surface area (Å²) in [7, 11) is 4.44. The van der Waals surface area contributed by atoms with E-state index in [4.69, 9.17) is 14.2 Å². The first-order valence-electron chi connectivity index (χ1n) is 9.34. The number of hydrogen-bond acceptors (Lipinski definition) is 6. The Morgan fingerprint density at radius 1 is 1.11 bits per heavy atom. The smallest absolute Gasteiger partial charge is 0.316 e. The number of benzene rings is 1. The van der Waals surface area contributed by atoms with E-state index >= 15 is 0 Å². The zero-order chi connectivity index (χ0) is 19.8. The average Bonchev–Trinajstić information content (AvgIpc) is 3.41. The van der Waals surface area contributed by atoms with Gasteiger partial charge in [0.2, 0.25) is 5.91 Å². The van der Waals surface area contributed by atoms with E-state index in [2.05, 4.69) is 0 Å². The Morgan fingerprint density at radius 2 is 1.82 bits per heavy atom. The quantitative estimate of drug-likeness (QED) is 0.737. The third-order valence-electron chi connectivity index (χ3n) is 7.07. The lowest BCUT2D eigenvalue weighted by Crippen LogP contribution is -2.57. The summed E-state index contributed by atoms with van der Waals surface area (Å²) in [6.45, 7) is 0.383. The summed E-state index contributed by atoms with van der Waals surface area (Å²) in [5.74, 6) is -0.782. The van der Waals surface area contributed by atoms with Crippen LogP contribution in [-0.2, 0) is 24.7 Å². The van der Waals surface area contributed by atoms with Crippen LogP contribution < -0.4 is 9.47 Å². The van der Waals surface area contributed by atoms with Crippen molar-refractivity contribution in [3.8, 4) is 11.5 Å².